The first-order chi connectivity index (χ1) is 13.3. The van der Waals surface area contributed by atoms with Gasteiger partial charge in [0.1, 0.15) is 17.7 Å². The molecule has 0 radical (unpaired) electrons. The molecule has 1 heterocycles. The van der Waals surface area contributed by atoms with Crippen LogP contribution < -0.4 is 4.74 Å². The summed E-state index contributed by atoms with van der Waals surface area (Å²) in [5.41, 5.74) is 3.43. The summed E-state index contributed by atoms with van der Waals surface area (Å²) in [4.78, 5) is 14.3. The van der Waals surface area contributed by atoms with Crippen molar-refractivity contribution in [2.75, 3.05) is 5.75 Å². The van der Waals surface area contributed by atoms with Crippen molar-refractivity contribution in [3.8, 4) is 5.75 Å². The van der Waals surface area contributed by atoms with Crippen LogP contribution in [-0.2, 0) is 17.9 Å². The van der Waals surface area contributed by atoms with Crippen molar-refractivity contribution in [2.45, 2.75) is 18.5 Å². The number of nitrogens with zero attached hydrogens (tertiary/aromatic N) is 1. The van der Waals surface area contributed by atoms with Crippen molar-refractivity contribution in [2.24, 2.45) is 0 Å². The van der Waals surface area contributed by atoms with Gasteiger partial charge >= 0.3 is 0 Å². The lowest BCUT2D eigenvalue weighted by atomic mass is 10.1. The van der Waals surface area contributed by atoms with Gasteiger partial charge < -0.3 is 9.64 Å². The third kappa shape index (κ3) is 4.34. The first kappa shape index (κ1) is 17.7. The van der Waals surface area contributed by atoms with Gasteiger partial charge in [-0.25, -0.2) is 0 Å². The molecule has 0 unspecified atom stereocenters. The van der Waals surface area contributed by atoms with Gasteiger partial charge in [-0.2, -0.15) is 0 Å². The van der Waals surface area contributed by atoms with E-state index in [1.807, 2.05) is 53.4 Å². The van der Waals surface area contributed by atoms with Gasteiger partial charge in [0.15, 0.2) is 0 Å². The fourth-order valence-corrected chi connectivity index (χ4v) is 4.34. The van der Waals surface area contributed by atoms with Gasteiger partial charge in [-0.3, -0.25) is 4.79 Å². The zero-order valence-corrected chi connectivity index (χ0v) is 15.8. The Morgan fingerprint density at radius 2 is 1.48 bits per heavy atom. The van der Waals surface area contributed by atoms with E-state index in [4.69, 9.17) is 4.74 Å². The van der Waals surface area contributed by atoms with Gasteiger partial charge in [0.05, 0.1) is 5.75 Å². The lowest BCUT2D eigenvalue weighted by Gasteiger charge is -2.24. The number of amides is 1. The van der Waals surface area contributed by atoms with Crippen LogP contribution in [0.5, 0.6) is 5.75 Å². The Morgan fingerprint density at radius 3 is 2.15 bits per heavy atom. The second kappa shape index (κ2) is 8.31. The number of thioether (sulfide) groups is 1. The van der Waals surface area contributed by atoms with Crippen LogP contribution in [0.15, 0.2) is 84.9 Å². The highest BCUT2D eigenvalue weighted by atomic mass is 32.2. The zero-order chi connectivity index (χ0) is 18.5. The van der Waals surface area contributed by atoms with Crippen molar-refractivity contribution in [3.05, 3.63) is 102 Å². The Labute approximate surface area is 164 Å². The van der Waals surface area contributed by atoms with Crippen molar-refractivity contribution in [1.82, 2.24) is 4.90 Å². The number of hydrogen-bond donors (Lipinski definition) is 0. The lowest BCUT2D eigenvalue weighted by Crippen LogP contribution is -2.27. The summed E-state index contributed by atoms with van der Waals surface area (Å²) in [7, 11) is 0. The molecule has 0 aromatic heterocycles. The van der Waals surface area contributed by atoms with Crippen LogP contribution in [0.4, 0.5) is 0 Å². The molecule has 0 spiro atoms. The summed E-state index contributed by atoms with van der Waals surface area (Å²) in [6.07, 6.45) is 0. The van der Waals surface area contributed by atoms with Crippen LogP contribution in [0.1, 0.15) is 22.1 Å². The predicted octanol–water partition coefficient (Wildman–Crippen LogP) is 5.04. The molecule has 4 heteroatoms. The summed E-state index contributed by atoms with van der Waals surface area (Å²) < 4.78 is 5.87. The second-order valence-corrected chi connectivity index (χ2v) is 7.58. The van der Waals surface area contributed by atoms with Gasteiger partial charge in [-0.15, -0.1) is 11.8 Å². The SMILES string of the molecule is O=C1CS[C@H](c2ccc(OCc3ccccc3)cc2)N1Cc1ccccc1. The summed E-state index contributed by atoms with van der Waals surface area (Å²) in [5.74, 6) is 1.56. The molecule has 3 aromatic rings. The van der Waals surface area contributed by atoms with E-state index in [2.05, 4.69) is 36.4 Å². The molecule has 1 amide bonds. The van der Waals surface area contributed by atoms with Gasteiger partial charge in [0.25, 0.3) is 0 Å². The maximum atomic E-state index is 12.4. The van der Waals surface area contributed by atoms with Crippen molar-refractivity contribution in [1.29, 1.82) is 0 Å². The maximum Gasteiger partial charge on any atom is 0.234 e. The van der Waals surface area contributed by atoms with E-state index in [0.29, 0.717) is 18.9 Å². The van der Waals surface area contributed by atoms with Crippen molar-refractivity contribution >= 4 is 17.7 Å². The van der Waals surface area contributed by atoms with Crippen LogP contribution in [-0.4, -0.2) is 16.6 Å². The molecular formula is C23H21NO2S. The highest BCUT2D eigenvalue weighted by molar-refractivity contribution is 8.00. The van der Waals surface area contributed by atoms with Gasteiger partial charge in [0.2, 0.25) is 5.91 Å². The highest BCUT2D eigenvalue weighted by Gasteiger charge is 2.32. The van der Waals surface area contributed by atoms with Gasteiger partial charge in [-0.05, 0) is 28.8 Å². The van der Waals surface area contributed by atoms with Crippen LogP contribution >= 0.6 is 11.8 Å². The Morgan fingerprint density at radius 1 is 0.852 bits per heavy atom. The number of carbonyl (C=O) groups excluding carboxylic acids is 1. The average Bonchev–Trinajstić information content (AvgIpc) is 3.09. The fourth-order valence-electron chi connectivity index (χ4n) is 3.15. The normalized spacial score (nSPS) is 16.5. The van der Waals surface area contributed by atoms with Crippen molar-refractivity contribution < 1.29 is 9.53 Å². The largest absolute Gasteiger partial charge is 0.489 e. The van der Waals surface area contributed by atoms with E-state index in [-0.39, 0.29) is 11.3 Å². The molecule has 3 aromatic carbocycles. The van der Waals surface area contributed by atoms with Gasteiger partial charge in [-0.1, -0.05) is 72.8 Å². The number of carbonyl (C=O) groups is 1. The lowest BCUT2D eigenvalue weighted by molar-refractivity contribution is -0.128. The van der Waals surface area contributed by atoms with Crippen LogP contribution in [0.2, 0.25) is 0 Å². The third-order valence-corrected chi connectivity index (χ3v) is 5.83. The first-order valence-corrected chi connectivity index (χ1v) is 10.1. The molecule has 1 saturated heterocycles. The summed E-state index contributed by atoms with van der Waals surface area (Å²) in [6.45, 7) is 1.20. The number of hydrogen-bond acceptors (Lipinski definition) is 3. The van der Waals surface area contributed by atoms with Crippen molar-refractivity contribution in [3.63, 3.8) is 0 Å². The number of ether oxygens (including phenoxy) is 1. The minimum atomic E-state index is 0.0564. The number of rotatable bonds is 6. The molecule has 0 bridgehead atoms. The first-order valence-electron chi connectivity index (χ1n) is 9.01. The Kier molecular flexibility index (Phi) is 5.45. The highest BCUT2D eigenvalue weighted by Crippen LogP contribution is 2.40. The van der Waals surface area contributed by atoms with Crippen LogP contribution in [0.3, 0.4) is 0 Å². The molecule has 1 fully saturated rings. The Balaban J connectivity index is 1.43. The molecule has 27 heavy (non-hydrogen) atoms. The van der Waals surface area contributed by atoms with Crippen LogP contribution in [0, 0.1) is 0 Å². The molecule has 0 saturated carbocycles. The number of benzene rings is 3. The summed E-state index contributed by atoms with van der Waals surface area (Å²) in [5, 5.41) is 0.0564. The molecule has 1 atom stereocenters. The molecule has 0 aliphatic carbocycles. The summed E-state index contributed by atoms with van der Waals surface area (Å²) in [6, 6.07) is 28.4. The van der Waals surface area contributed by atoms with E-state index >= 15 is 0 Å². The van der Waals surface area contributed by atoms with Crippen LogP contribution in [0.25, 0.3) is 0 Å². The Bertz CT molecular complexity index is 881. The zero-order valence-electron chi connectivity index (χ0n) is 15.0. The molecule has 1 aliphatic rings. The molecule has 3 nitrogen and oxygen atoms in total. The standard InChI is InChI=1S/C23H21NO2S/c25-22-17-27-23(24(22)15-18-7-3-1-4-8-18)20-11-13-21(14-12-20)26-16-19-9-5-2-6-10-19/h1-14,23H,15-17H2/t23-/m1/s1. The molecule has 0 N–H and O–H groups in total. The molecule has 4 rings (SSSR count). The molecular weight excluding hydrogens is 354 g/mol. The molecule has 1 aliphatic heterocycles. The average molecular weight is 375 g/mol. The quantitative estimate of drug-likeness (QED) is 0.604. The minimum Gasteiger partial charge on any atom is -0.489 e. The monoisotopic (exact) mass is 375 g/mol. The Hall–Kier alpha value is -2.72. The summed E-state index contributed by atoms with van der Waals surface area (Å²) >= 11 is 1.68. The smallest absolute Gasteiger partial charge is 0.234 e. The van der Waals surface area contributed by atoms with Gasteiger partial charge in [0, 0.05) is 6.54 Å². The van der Waals surface area contributed by atoms with E-state index in [1.54, 1.807) is 11.8 Å². The fraction of sp³-hybridized carbons (Fsp3) is 0.174. The topological polar surface area (TPSA) is 29.5 Å². The minimum absolute atomic E-state index is 0.0564. The molecule has 136 valence electrons. The third-order valence-electron chi connectivity index (χ3n) is 4.58. The van der Waals surface area contributed by atoms with E-state index in [1.165, 1.54) is 0 Å². The predicted molar refractivity (Wildman–Crippen MR) is 109 cm³/mol. The maximum absolute atomic E-state index is 12.4. The second-order valence-electron chi connectivity index (χ2n) is 6.51. The van der Waals surface area contributed by atoms with E-state index < -0.39 is 0 Å². The van der Waals surface area contributed by atoms with E-state index in [9.17, 15) is 4.79 Å². The van der Waals surface area contributed by atoms with E-state index in [0.717, 1.165) is 22.4 Å².